The van der Waals surface area contributed by atoms with Crippen LogP contribution >= 0.6 is 11.8 Å². The van der Waals surface area contributed by atoms with Gasteiger partial charge in [0.05, 0.1) is 31.2 Å². The third-order valence-electron chi connectivity index (χ3n) is 3.53. The molecular weight excluding hydrogens is 328 g/mol. The first-order valence-corrected chi connectivity index (χ1v) is 8.29. The van der Waals surface area contributed by atoms with Gasteiger partial charge in [0.1, 0.15) is 17.3 Å². The van der Waals surface area contributed by atoms with Gasteiger partial charge < -0.3 is 13.9 Å². The number of hydrogen-bond donors (Lipinski definition) is 1. The molecule has 0 unspecified atom stereocenters. The van der Waals surface area contributed by atoms with Crippen LogP contribution in [0.25, 0.3) is 11.4 Å². The maximum Gasteiger partial charge on any atom is 0.209 e. The van der Waals surface area contributed by atoms with E-state index in [1.807, 2.05) is 32.0 Å². The lowest BCUT2D eigenvalue weighted by atomic mass is 10.2. The van der Waals surface area contributed by atoms with Crippen LogP contribution in [0.4, 0.5) is 0 Å². The van der Waals surface area contributed by atoms with Crippen molar-refractivity contribution in [2.75, 3.05) is 14.2 Å². The second-order valence-corrected chi connectivity index (χ2v) is 6.01. The van der Waals surface area contributed by atoms with Crippen molar-refractivity contribution in [1.29, 1.82) is 0 Å². The Bertz CT molecular complexity index is 824. The van der Waals surface area contributed by atoms with E-state index in [0.29, 0.717) is 28.4 Å². The number of nitrogens with zero attached hydrogens (tertiary/aromatic N) is 3. The number of hydrogen-bond acceptors (Lipinski definition) is 7. The van der Waals surface area contributed by atoms with E-state index in [2.05, 4.69) is 20.2 Å². The molecule has 0 bridgehead atoms. The molecule has 0 saturated carbocycles. The molecule has 1 N–H and O–H groups in total. The van der Waals surface area contributed by atoms with E-state index >= 15 is 0 Å². The lowest BCUT2D eigenvalue weighted by Gasteiger charge is -2.07. The normalized spacial score (nSPS) is 10.8. The Morgan fingerprint density at radius 1 is 1.17 bits per heavy atom. The van der Waals surface area contributed by atoms with E-state index in [1.165, 1.54) is 11.8 Å². The van der Waals surface area contributed by atoms with Gasteiger partial charge in [0.2, 0.25) is 11.0 Å². The van der Waals surface area contributed by atoms with E-state index < -0.39 is 0 Å². The lowest BCUT2D eigenvalue weighted by Crippen LogP contribution is -1.91. The van der Waals surface area contributed by atoms with Gasteiger partial charge in [0.25, 0.3) is 0 Å². The van der Waals surface area contributed by atoms with E-state index in [0.717, 1.165) is 22.8 Å². The number of H-pyrrole nitrogens is 1. The number of benzene rings is 1. The minimum absolute atomic E-state index is 0.575. The van der Waals surface area contributed by atoms with Crippen LogP contribution in [-0.4, -0.2) is 34.4 Å². The summed E-state index contributed by atoms with van der Waals surface area (Å²) < 4.78 is 16.2. The van der Waals surface area contributed by atoms with Crippen LogP contribution in [0.5, 0.6) is 11.5 Å². The molecule has 2 aromatic heterocycles. The fourth-order valence-electron chi connectivity index (χ4n) is 2.15. The first-order valence-electron chi connectivity index (χ1n) is 7.31. The summed E-state index contributed by atoms with van der Waals surface area (Å²) in [6.45, 7) is 3.82. The molecule has 24 heavy (non-hydrogen) atoms. The molecule has 3 aromatic rings. The molecule has 0 aliphatic carbocycles. The molecule has 1 aromatic carbocycles. The monoisotopic (exact) mass is 346 g/mol. The van der Waals surface area contributed by atoms with Crippen LogP contribution in [0.15, 0.2) is 27.8 Å². The summed E-state index contributed by atoms with van der Waals surface area (Å²) in [5.74, 6) is 4.11. The zero-order valence-electron chi connectivity index (χ0n) is 13.9. The number of aryl methyl sites for hydroxylation is 2. The van der Waals surface area contributed by atoms with Gasteiger partial charge in [-0.1, -0.05) is 11.8 Å². The molecule has 8 heteroatoms. The number of nitrogens with one attached hydrogen (secondary N) is 1. The molecule has 126 valence electrons. The number of ether oxygens (including phenoxy) is 2. The molecule has 0 atom stereocenters. The standard InChI is InChI=1S/C16H18N4O3S/c1-9-10(2)23-14(17-9)8-24-16-18-15(19-20-16)12-6-5-11(21-3)7-13(12)22-4/h5-7H,8H2,1-4H3,(H,18,19,20). The number of aromatic amines is 1. The van der Waals surface area contributed by atoms with Gasteiger partial charge in [0, 0.05) is 6.07 Å². The summed E-state index contributed by atoms with van der Waals surface area (Å²) in [5, 5.41) is 7.78. The van der Waals surface area contributed by atoms with Gasteiger partial charge in [-0.2, -0.15) is 0 Å². The summed E-state index contributed by atoms with van der Waals surface area (Å²) in [6.07, 6.45) is 0. The second-order valence-electron chi connectivity index (χ2n) is 5.07. The average molecular weight is 346 g/mol. The predicted molar refractivity (Wildman–Crippen MR) is 90.5 cm³/mol. The second kappa shape index (κ2) is 6.96. The van der Waals surface area contributed by atoms with Crippen LogP contribution in [-0.2, 0) is 5.75 Å². The summed E-state index contributed by atoms with van der Waals surface area (Å²) in [5.41, 5.74) is 1.73. The van der Waals surface area contributed by atoms with E-state index in [1.54, 1.807) is 14.2 Å². The quantitative estimate of drug-likeness (QED) is 0.685. The van der Waals surface area contributed by atoms with Crippen molar-refractivity contribution in [2.45, 2.75) is 24.8 Å². The summed E-state index contributed by atoms with van der Waals surface area (Å²) in [7, 11) is 3.22. The first-order chi connectivity index (χ1) is 11.6. The molecule has 0 amide bonds. The van der Waals surface area contributed by atoms with Crippen LogP contribution in [0.3, 0.4) is 0 Å². The van der Waals surface area contributed by atoms with E-state index in [4.69, 9.17) is 13.9 Å². The Balaban J connectivity index is 1.75. The maximum absolute atomic E-state index is 5.56. The fourth-order valence-corrected chi connectivity index (χ4v) is 2.79. The smallest absolute Gasteiger partial charge is 0.209 e. The van der Waals surface area contributed by atoms with Crippen molar-refractivity contribution in [2.24, 2.45) is 0 Å². The minimum atomic E-state index is 0.575. The topological polar surface area (TPSA) is 86.1 Å². The Hall–Kier alpha value is -2.48. The highest BCUT2D eigenvalue weighted by molar-refractivity contribution is 7.98. The molecule has 7 nitrogen and oxygen atoms in total. The highest BCUT2D eigenvalue weighted by Crippen LogP contribution is 2.32. The third-order valence-corrected chi connectivity index (χ3v) is 4.36. The molecule has 0 fully saturated rings. The molecule has 3 rings (SSSR count). The average Bonchev–Trinajstić information content (AvgIpc) is 3.19. The van der Waals surface area contributed by atoms with Crippen molar-refractivity contribution >= 4 is 11.8 Å². The van der Waals surface area contributed by atoms with E-state index in [9.17, 15) is 0 Å². The van der Waals surface area contributed by atoms with Gasteiger partial charge in [-0.25, -0.2) is 9.97 Å². The third kappa shape index (κ3) is 3.38. The highest BCUT2D eigenvalue weighted by Gasteiger charge is 2.13. The highest BCUT2D eigenvalue weighted by atomic mass is 32.2. The molecule has 2 heterocycles. The maximum atomic E-state index is 5.56. The largest absolute Gasteiger partial charge is 0.497 e. The fraction of sp³-hybridized carbons (Fsp3) is 0.312. The Morgan fingerprint density at radius 3 is 2.67 bits per heavy atom. The zero-order chi connectivity index (χ0) is 17.1. The van der Waals surface area contributed by atoms with Crippen LogP contribution in [0.2, 0.25) is 0 Å². The predicted octanol–water partition coefficient (Wildman–Crippen LogP) is 3.39. The Kier molecular flexibility index (Phi) is 4.75. The SMILES string of the molecule is COc1ccc(-c2nc(SCc3nc(C)c(C)o3)n[nH]2)c(OC)c1. The van der Waals surface area contributed by atoms with Gasteiger partial charge in [-0.05, 0) is 26.0 Å². The number of rotatable bonds is 6. The van der Waals surface area contributed by atoms with Crippen LogP contribution in [0.1, 0.15) is 17.3 Å². The van der Waals surface area contributed by atoms with Gasteiger partial charge >= 0.3 is 0 Å². The minimum Gasteiger partial charge on any atom is -0.497 e. The summed E-state index contributed by atoms with van der Waals surface area (Å²) >= 11 is 1.46. The summed E-state index contributed by atoms with van der Waals surface area (Å²) in [6, 6.07) is 5.54. The molecule has 0 spiro atoms. The molecule has 0 radical (unpaired) electrons. The van der Waals surface area contributed by atoms with Crippen LogP contribution < -0.4 is 9.47 Å². The van der Waals surface area contributed by atoms with Crippen LogP contribution in [0, 0.1) is 13.8 Å². The Labute approximate surface area is 143 Å². The zero-order valence-corrected chi connectivity index (χ0v) is 14.7. The molecule has 0 saturated heterocycles. The number of methoxy groups -OCH3 is 2. The van der Waals surface area contributed by atoms with Crippen molar-refractivity contribution < 1.29 is 13.9 Å². The van der Waals surface area contributed by atoms with Gasteiger partial charge in [0.15, 0.2) is 5.82 Å². The molecule has 0 aliphatic heterocycles. The van der Waals surface area contributed by atoms with E-state index in [-0.39, 0.29) is 0 Å². The summed E-state index contributed by atoms with van der Waals surface area (Å²) in [4.78, 5) is 8.84. The number of oxazole rings is 1. The lowest BCUT2D eigenvalue weighted by molar-refractivity contribution is 0.395. The number of aromatic nitrogens is 4. The van der Waals surface area contributed by atoms with Gasteiger partial charge in [-0.3, -0.25) is 5.10 Å². The first kappa shape index (κ1) is 16.4. The van der Waals surface area contributed by atoms with Gasteiger partial charge in [-0.15, -0.1) is 5.10 Å². The molecule has 0 aliphatic rings. The molecular formula is C16H18N4O3S. The van der Waals surface area contributed by atoms with Crippen molar-refractivity contribution in [3.63, 3.8) is 0 Å². The van der Waals surface area contributed by atoms with Crippen molar-refractivity contribution in [3.8, 4) is 22.9 Å². The van der Waals surface area contributed by atoms with Crippen molar-refractivity contribution in [3.05, 3.63) is 35.5 Å². The van der Waals surface area contributed by atoms with Crippen molar-refractivity contribution in [1.82, 2.24) is 20.2 Å². The Morgan fingerprint density at radius 2 is 2.00 bits per heavy atom. The number of thioether (sulfide) groups is 1.